The molecule has 1 rings (SSSR count). The standard InChI is InChI=1S/C14H22FN3S.HI/c1-4-16-14(17-9-11(2)19-3)18-10-12-5-7-13(15)8-6-12;/h5-8,11H,4,9-10H2,1-3H3,(H2,16,17,18);1H. The Morgan fingerprint density at radius 3 is 2.50 bits per heavy atom. The van der Waals surface area contributed by atoms with Gasteiger partial charge in [0.1, 0.15) is 5.82 Å². The minimum absolute atomic E-state index is 0. The number of hydrogen-bond donors (Lipinski definition) is 2. The van der Waals surface area contributed by atoms with Gasteiger partial charge >= 0.3 is 0 Å². The van der Waals surface area contributed by atoms with E-state index in [1.165, 1.54) is 12.1 Å². The summed E-state index contributed by atoms with van der Waals surface area (Å²) >= 11 is 1.81. The quantitative estimate of drug-likeness (QED) is 0.429. The first-order chi connectivity index (χ1) is 9.15. The van der Waals surface area contributed by atoms with E-state index < -0.39 is 0 Å². The van der Waals surface area contributed by atoms with E-state index >= 15 is 0 Å². The van der Waals surface area contributed by atoms with E-state index in [4.69, 9.17) is 0 Å². The van der Waals surface area contributed by atoms with E-state index in [1.807, 2.05) is 18.7 Å². The van der Waals surface area contributed by atoms with Crippen molar-refractivity contribution in [2.75, 3.05) is 19.3 Å². The minimum Gasteiger partial charge on any atom is -0.357 e. The zero-order chi connectivity index (χ0) is 14.1. The molecule has 1 aromatic carbocycles. The predicted molar refractivity (Wildman–Crippen MR) is 97.6 cm³/mol. The summed E-state index contributed by atoms with van der Waals surface area (Å²) in [6, 6.07) is 6.43. The van der Waals surface area contributed by atoms with Crippen LogP contribution in [0.2, 0.25) is 0 Å². The second-order valence-electron chi connectivity index (χ2n) is 4.25. The van der Waals surface area contributed by atoms with Crippen LogP contribution in [0, 0.1) is 5.82 Å². The molecule has 0 aromatic heterocycles. The number of guanidine groups is 1. The number of aliphatic imine (C=N–C) groups is 1. The molecule has 1 atom stereocenters. The summed E-state index contributed by atoms with van der Waals surface area (Å²) in [4.78, 5) is 4.48. The summed E-state index contributed by atoms with van der Waals surface area (Å²) in [6.45, 7) is 6.44. The monoisotopic (exact) mass is 411 g/mol. The van der Waals surface area contributed by atoms with Gasteiger partial charge in [0.2, 0.25) is 0 Å². The van der Waals surface area contributed by atoms with Crippen LogP contribution in [0.3, 0.4) is 0 Å². The molecule has 0 aliphatic rings. The van der Waals surface area contributed by atoms with Crippen molar-refractivity contribution in [1.82, 2.24) is 10.6 Å². The van der Waals surface area contributed by atoms with Crippen molar-refractivity contribution in [2.45, 2.75) is 25.6 Å². The van der Waals surface area contributed by atoms with Gasteiger partial charge in [-0.15, -0.1) is 24.0 Å². The number of hydrogen-bond acceptors (Lipinski definition) is 2. The Balaban J connectivity index is 0.00000361. The van der Waals surface area contributed by atoms with Gasteiger partial charge in [-0.1, -0.05) is 19.1 Å². The van der Waals surface area contributed by atoms with Crippen LogP contribution in [0.4, 0.5) is 4.39 Å². The first kappa shape index (κ1) is 19.5. The molecule has 2 N–H and O–H groups in total. The molecule has 114 valence electrons. The third-order valence-electron chi connectivity index (χ3n) is 2.64. The maximum Gasteiger partial charge on any atom is 0.191 e. The van der Waals surface area contributed by atoms with Crippen LogP contribution in [-0.4, -0.2) is 30.6 Å². The number of thioether (sulfide) groups is 1. The van der Waals surface area contributed by atoms with Gasteiger partial charge in [0.25, 0.3) is 0 Å². The summed E-state index contributed by atoms with van der Waals surface area (Å²) in [6.07, 6.45) is 2.09. The molecule has 0 radical (unpaired) electrons. The Hall–Kier alpha value is -0.500. The number of rotatable bonds is 6. The van der Waals surface area contributed by atoms with Gasteiger partial charge in [0.15, 0.2) is 5.96 Å². The van der Waals surface area contributed by atoms with Crippen molar-refractivity contribution in [3.05, 3.63) is 35.6 Å². The van der Waals surface area contributed by atoms with Crippen LogP contribution >= 0.6 is 35.7 Å². The topological polar surface area (TPSA) is 36.4 Å². The molecule has 0 fully saturated rings. The minimum atomic E-state index is -0.216. The van der Waals surface area contributed by atoms with Crippen molar-refractivity contribution >= 4 is 41.7 Å². The highest BCUT2D eigenvalue weighted by Crippen LogP contribution is 2.04. The van der Waals surface area contributed by atoms with Gasteiger partial charge in [-0.25, -0.2) is 9.38 Å². The fourth-order valence-corrected chi connectivity index (χ4v) is 1.68. The molecular formula is C14H23FIN3S. The lowest BCUT2D eigenvalue weighted by Gasteiger charge is -2.14. The van der Waals surface area contributed by atoms with Gasteiger partial charge in [-0.3, -0.25) is 0 Å². The van der Waals surface area contributed by atoms with Crippen LogP contribution in [0.15, 0.2) is 29.3 Å². The van der Waals surface area contributed by atoms with Crippen molar-refractivity contribution in [3.8, 4) is 0 Å². The molecule has 1 aromatic rings. The van der Waals surface area contributed by atoms with E-state index in [2.05, 4.69) is 28.8 Å². The molecule has 3 nitrogen and oxygen atoms in total. The van der Waals surface area contributed by atoms with Gasteiger partial charge in [-0.2, -0.15) is 11.8 Å². The second kappa shape index (κ2) is 11.2. The molecule has 1 unspecified atom stereocenters. The third kappa shape index (κ3) is 7.94. The number of benzene rings is 1. The Bertz CT molecular complexity index is 398. The predicted octanol–water partition coefficient (Wildman–Crippen LogP) is 3.25. The van der Waals surface area contributed by atoms with Crippen molar-refractivity contribution in [1.29, 1.82) is 0 Å². The Morgan fingerprint density at radius 2 is 1.95 bits per heavy atom. The maximum atomic E-state index is 12.8. The van der Waals surface area contributed by atoms with E-state index in [0.717, 1.165) is 24.6 Å². The summed E-state index contributed by atoms with van der Waals surface area (Å²) < 4.78 is 12.8. The van der Waals surface area contributed by atoms with Gasteiger partial charge in [-0.05, 0) is 30.9 Å². The molecule has 0 saturated carbocycles. The molecule has 0 bridgehead atoms. The highest BCUT2D eigenvalue weighted by molar-refractivity contribution is 14.0. The third-order valence-corrected chi connectivity index (χ3v) is 3.61. The molecule has 20 heavy (non-hydrogen) atoms. The van der Waals surface area contributed by atoms with Gasteiger partial charge < -0.3 is 10.6 Å². The van der Waals surface area contributed by atoms with Gasteiger partial charge in [0.05, 0.1) is 6.54 Å². The molecule has 0 aliphatic carbocycles. The fourth-order valence-electron chi connectivity index (χ4n) is 1.43. The molecule has 6 heteroatoms. The first-order valence-corrected chi connectivity index (χ1v) is 7.74. The smallest absolute Gasteiger partial charge is 0.191 e. The molecule has 0 saturated heterocycles. The van der Waals surface area contributed by atoms with E-state index in [9.17, 15) is 4.39 Å². The molecule has 0 aliphatic heterocycles. The van der Waals surface area contributed by atoms with Crippen molar-refractivity contribution in [2.24, 2.45) is 4.99 Å². The normalized spacial score (nSPS) is 12.5. The van der Waals surface area contributed by atoms with Crippen LogP contribution in [-0.2, 0) is 6.54 Å². The van der Waals surface area contributed by atoms with Crippen LogP contribution in [0.25, 0.3) is 0 Å². The van der Waals surface area contributed by atoms with E-state index in [1.54, 1.807) is 12.1 Å². The number of nitrogens with zero attached hydrogens (tertiary/aromatic N) is 1. The van der Waals surface area contributed by atoms with E-state index in [-0.39, 0.29) is 29.8 Å². The Morgan fingerprint density at radius 1 is 1.30 bits per heavy atom. The zero-order valence-electron chi connectivity index (χ0n) is 12.1. The largest absolute Gasteiger partial charge is 0.357 e. The Labute approximate surface area is 142 Å². The molecule has 0 amide bonds. The zero-order valence-corrected chi connectivity index (χ0v) is 15.3. The maximum absolute atomic E-state index is 12.8. The first-order valence-electron chi connectivity index (χ1n) is 6.45. The average molecular weight is 411 g/mol. The van der Waals surface area contributed by atoms with Crippen LogP contribution < -0.4 is 10.6 Å². The lowest BCUT2D eigenvalue weighted by Crippen LogP contribution is -2.40. The average Bonchev–Trinajstić information content (AvgIpc) is 2.43. The fraction of sp³-hybridized carbons (Fsp3) is 0.500. The second-order valence-corrected chi connectivity index (χ2v) is 5.52. The summed E-state index contributed by atoms with van der Waals surface area (Å²) in [5.41, 5.74) is 0.997. The number of nitrogens with one attached hydrogen (secondary N) is 2. The summed E-state index contributed by atoms with van der Waals surface area (Å²) in [5.74, 6) is 0.583. The van der Waals surface area contributed by atoms with Crippen molar-refractivity contribution < 1.29 is 4.39 Å². The summed E-state index contributed by atoms with van der Waals surface area (Å²) in [7, 11) is 0. The highest BCUT2D eigenvalue weighted by atomic mass is 127. The molecular weight excluding hydrogens is 388 g/mol. The number of halogens is 2. The van der Waals surface area contributed by atoms with Crippen LogP contribution in [0.1, 0.15) is 19.4 Å². The molecule has 0 spiro atoms. The van der Waals surface area contributed by atoms with Crippen LogP contribution in [0.5, 0.6) is 0 Å². The summed E-state index contributed by atoms with van der Waals surface area (Å²) in [5, 5.41) is 7.03. The lowest BCUT2D eigenvalue weighted by atomic mass is 10.2. The van der Waals surface area contributed by atoms with Gasteiger partial charge in [0, 0.05) is 18.3 Å². The SMILES string of the molecule is CCNC(=NCc1ccc(F)cc1)NCC(C)SC.I. The molecule has 0 heterocycles. The Kier molecular flexibility index (Phi) is 10.9. The lowest BCUT2D eigenvalue weighted by molar-refractivity contribution is 0.627. The van der Waals surface area contributed by atoms with E-state index in [0.29, 0.717) is 11.8 Å². The van der Waals surface area contributed by atoms with Crippen molar-refractivity contribution in [3.63, 3.8) is 0 Å². The highest BCUT2D eigenvalue weighted by Gasteiger charge is 2.01.